The van der Waals surface area contributed by atoms with Crippen LogP contribution < -0.4 is 5.32 Å². The molecule has 1 aromatic carbocycles. The third kappa shape index (κ3) is 5.65. The minimum atomic E-state index is -1.22. The van der Waals surface area contributed by atoms with Crippen LogP contribution in [0.1, 0.15) is 20.8 Å². The zero-order valence-electron chi connectivity index (χ0n) is 11.5. The Morgan fingerprint density at radius 1 is 1.33 bits per heavy atom. The highest BCUT2D eigenvalue weighted by atomic mass is 35.5. The Morgan fingerprint density at radius 3 is 2.48 bits per heavy atom. The van der Waals surface area contributed by atoms with Gasteiger partial charge in [0, 0.05) is 11.1 Å². The fourth-order valence-corrected chi connectivity index (χ4v) is 1.42. The van der Waals surface area contributed by atoms with Gasteiger partial charge in [-0.15, -0.1) is 0 Å². The van der Waals surface area contributed by atoms with Crippen molar-refractivity contribution in [3.05, 3.63) is 33.3 Å². The Kier molecular flexibility index (Phi) is 5.09. The molecule has 1 N–H and O–H groups in total. The van der Waals surface area contributed by atoms with E-state index < -0.39 is 22.8 Å². The van der Waals surface area contributed by atoms with Gasteiger partial charge in [0.05, 0.1) is 4.92 Å². The van der Waals surface area contributed by atoms with Gasteiger partial charge in [-0.1, -0.05) is 11.6 Å². The van der Waals surface area contributed by atoms with Gasteiger partial charge in [0.2, 0.25) is 0 Å². The van der Waals surface area contributed by atoms with E-state index in [0.717, 1.165) is 12.1 Å². The molecule has 21 heavy (non-hydrogen) atoms. The van der Waals surface area contributed by atoms with Crippen LogP contribution in [0.3, 0.4) is 0 Å². The van der Waals surface area contributed by atoms with E-state index in [1.807, 2.05) is 0 Å². The molecule has 0 atom stereocenters. The van der Waals surface area contributed by atoms with Gasteiger partial charge in [0.25, 0.3) is 5.69 Å². The smallest absolute Gasteiger partial charge is 0.428 e. The fourth-order valence-electron chi connectivity index (χ4n) is 1.25. The Labute approximate surface area is 125 Å². The third-order valence-corrected chi connectivity index (χ3v) is 2.19. The predicted molar refractivity (Wildman–Crippen MR) is 74.4 cm³/mol. The van der Waals surface area contributed by atoms with Gasteiger partial charge in [-0.25, -0.2) is 9.59 Å². The number of carbonyl (C=O) groups is 2. The fraction of sp³-hybridized carbons (Fsp3) is 0.333. The molecular formula is C12H13ClN2O6. The van der Waals surface area contributed by atoms with Crippen LogP contribution in [-0.4, -0.2) is 22.8 Å². The number of carbonyl (C=O) groups excluding carboxylic acids is 2. The molecule has 0 fully saturated rings. The second-order valence-corrected chi connectivity index (χ2v) is 5.33. The predicted octanol–water partition coefficient (Wildman–Crippen LogP) is 3.73. The number of hydrogen-bond donors (Lipinski definition) is 1. The molecule has 0 saturated carbocycles. The van der Waals surface area contributed by atoms with Crippen molar-refractivity contribution < 1.29 is 24.0 Å². The van der Waals surface area contributed by atoms with Crippen molar-refractivity contribution in [1.82, 2.24) is 0 Å². The third-order valence-electron chi connectivity index (χ3n) is 1.96. The molecular weight excluding hydrogens is 304 g/mol. The zero-order valence-corrected chi connectivity index (χ0v) is 12.3. The number of benzene rings is 1. The summed E-state index contributed by atoms with van der Waals surface area (Å²) in [5, 5.41) is 13.0. The van der Waals surface area contributed by atoms with Gasteiger partial charge in [0.1, 0.15) is 11.3 Å². The van der Waals surface area contributed by atoms with E-state index in [1.165, 1.54) is 6.07 Å². The maximum Gasteiger partial charge on any atom is 0.517 e. The van der Waals surface area contributed by atoms with Crippen LogP contribution in [0.25, 0.3) is 0 Å². The van der Waals surface area contributed by atoms with E-state index in [0.29, 0.717) is 0 Å². The van der Waals surface area contributed by atoms with Gasteiger partial charge >= 0.3 is 12.2 Å². The van der Waals surface area contributed by atoms with Gasteiger partial charge < -0.3 is 9.47 Å². The number of halogens is 1. The van der Waals surface area contributed by atoms with E-state index in [4.69, 9.17) is 16.3 Å². The lowest BCUT2D eigenvalue weighted by Gasteiger charge is -2.18. The molecule has 0 aliphatic carbocycles. The van der Waals surface area contributed by atoms with Crippen molar-refractivity contribution in [3.8, 4) is 0 Å². The molecule has 0 aliphatic heterocycles. The molecule has 0 spiro atoms. The van der Waals surface area contributed by atoms with E-state index in [9.17, 15) is 19.7 Å². The number of amides is 1. The molecule has 1 amide bonds. The molecule has 1 rings (SSSR count). The van der Waals surface area contributed by atoms with E-state index in [2.05, 4.69) is 10.1 Å². The number of nitrogens with one attached hydrogen (secondary N) is 1. The largest absolute Gasteiger partial charge is 0.517 e. The number of nitro benzene ring substituents is 1. The first-order valence-electron chi connectivity index (χ1n) is 5.74. The first-order chi connectivity index (χ1) is 9.58. The van der Waals surface area contributed by atoms with Gasteiger partial charge in [0.15, 0.2) is 0 Å². The van der Waals surface area contributed by atoms with Crippen molar-refractivity contribution >= 4 is 35.2 Å². The number of hydrogen-bond acceptors (Lipinski definition) is 6. The van der Waals surface area contributed by atoms with Crippen LogP contribution in [0, 0.1) is 10.1 Å². The van der Waals surface area contributed by atoms with Crippen molar-refractivity contribution in [2.24, 2.45) is 0 Å². The molecule has 0 unspecified atom stereocenters. The van der Waals surface area contributed by atoms with E-state index in [1.54, 1.807) is 20.8 Å². The molecule has 0 bridgehead atoms. The quantitative estimate of drug-likeness (QED) is 0.385. The topological polar surface area (TPSA) is 108 Å². The van der Waals surface area contributed by atoms with E-state index in [-0.39, 0.29) is 16.4 Å². The summed E-state index contributed by atoms with van der Waals surface area (Å²) >= 11 is 5.69. The summed E-state index contributed by atoms with van der Waals surface area (Å²) in [5.41, 5.74) is -1.42. The second kappa shape index (κ2) is 6.40. The van der Waals surface area contributed by atoms with Crippen molar-refractivity contribution in [1.29, 1.82) is 0 Å². The maximum atomic E-state index is 11.5. The number of anilines is 1. The lowest BCUT2D eigenvalue weighted by atomic mass is 10.2. The molecule has 114 valence electrons. The number of nitro groups is 1. The lowest BCUT2D eigenvalue weighted by molar-refractivity contribution is -0.383. The van der Waals surface area contributed by atoms with Gasteiger partial charge in [-0.05, 0) is 32.9 Å². The Bertz CT molecular complexity index is 582. The summed E-state index contributed by atoms with van der Waals surface area (Å²) in [5.74, 6) is 0. The van der Waals surface area contributed by atoms with Crippen LogP contribution in [-0.2, 0) is 9.47 Å². The minimum Gasteiger partial charge on any atom is -0.428 e. The summed E-state index contributed by atoms with van der Waals surface area (Å²) in [7, 11) is 0. The zero-order chi connectivity index (χ0) is 16.2. The summed E-state index contributed by atoms with van der Waals surface area (Å²) in [6.07, 6.45) is -2.43. The molecule has 0 radical (unpaired) electrons. The molecule has 0 saturated heterocycles. The van der Waals surface area contributed by atoms with Crippen molar-refractivity contribution in [2.45, 2.75) is 26.4 Å². The molecule has 0 heterocycles. The Morgan fingerprint density at radius 2 is 1.95 bits per heavy atom. The monoisotopic (exact) mass is 316 g/mol. The van der Waals surface area contributed by atoms with Crippen LogP contribution >= 0.6 is 11.6 Å². The first-order valence-corrected chi connectivity index (χ1v) is 6.12. The molecule has 8 nitrogen and oxygen atoms in total. The standard InChI is InChI=1S/C12H13ClN2O6/c1-12(2,3)21-11(17)20-10(16)14-8-6-7(13)4-5-9(8)15(18)19/h4-6H,1-3H3,(H,14,16). The van der Waals surface area contributed by atoms with Crippen molar-refractivity contribution in [2.75, 3.05) is 5.32 Å². The molecule has 1 aromatic rings. The summed E-state index contributed by atoms with van der Waals surface area (Å²) < 4.78 is 9.09. The minimum absolute atomic E-state index is 0.174. The Balaban J connectivity index is 2.77. The highest BCUT2D eigenvalue weighted by Crippen LogP contribution is 2.27. The maximum absolute atomic E-state index is 11.5. The second-order valence-electron chi connectivity index (χ2n) is 4.90. The summed E-state index contributed by atoms with van der Waals surface area (Å²) in [6.45, 7) is 4.77. The molecule has 9 heteroatoms. The highest BCUT2D eigenvalue weighted by Gasteiger charge is 2.22. The summed E-state index contributed by atoms with van der Waals surface area (Å²) in [4.78, 5) is 32.9. The van der Waals surface area contributed by atoms with Crippen molar-refractivity contribution in [3.63, 3.8) is 0 Å². The lowest BCUT2D eigenvalue weighted by Crippen LogP contribution is -2.27. The highest BCUT2D eigenvalue weighted by molar-refractivity contribution is 6.31. The van der Waals surface area contributed by atoms with Crippen LogP contribution in [0.5, 0.6) is 0 Å². The number of nitrogens with zero attached hydrogens (tertiary/aromatic N) is 1. The van der Waals surface area contributed by atoms with Crippen LogP contribution in [0.2, 0.25) is 5.02 Å². The SMILES string of the molecule is CC(C)(C)OC(=O)OC(=O)Nc1cc(Cl)ccc1[N+](=O)[O-]. The average Bonchev–Trinajstić information content (AvgIpc) is 2.24. The van der Waals surface area contributed by atoms with Crippen LogP contribution in [0.15, 0.2) is 18.2 Å². The van der Waals surface area contributed by atoms with E-state index >= 15 is 0 Å². The number of ether oxygens (including phenoxy) is 2. The normalized spacial score (nSPS) is 10.7. The molecule has 0 aliphatic rings. The molecule has 0 aromatic heterocycles. The average molecular weight is 317 g/mol. The Hall–Kier alpha value is -2.35. The number of rotatable bonds is 2. The van der Waals surface area contributed by atoms with Gasteiger partial charge in [-0.3, -0.25) is 15.4 Å². The summed E-state index contributed by atoms with van der Waals surface area (Å²) in [6, 6.07) is 3.57. The van der Waals surface area contributed by atoms with Crippen LogP contribution in [0.4, 0.5) is 21.0 Å². The first kappa shape index (κ1) is 16.7. The van der Waals surface area contributed by atoms with Gasteiger partial charge in [-0.2, -0.15) is 0 Å².